The van der Waals surface area contributed by atoms with Crippen molar-refractivity contribution in [1.29, 1.82) is 0 Å². The van der Waals surface area contributed by atoms with Crippen molar-refractivity contribution in [3.05, 3.63) is 91.0 Å². The Labute approximate surface area is 162 Å². The zero-order valence-corrected chi connectivity index (χ0v) is 15.1. The number of hydrogen-bond donors (Lipinski definition) is 0. The highest BCUT2D eigenvalue weighted by atomic mass is 16.7. The third-order valence-corrected chi connectivity index (χ3v) is 5.39. The van der Waals surface area contributed by atoms with Crippen LogP contribution in [0.15, 0.2) is 91.0 Å². The van der Waals surface area contributed by atoms with E-state index in [0.717, 1.165) is 28.4 Å². The Bertz CT molecular complexity index is 1340. The summed E-state index contributed by atoms with van der Waals surface area (Å²) in [6.07, 6.45) is 0. The fourth-order valence-corrected chi connectivity index (χ4v) is 4.09. The second-order valence-electron chi connectivity index (χ2n) is 6.99. The summed E-state index contributed by atoms with van der Waals surface area (Å²) in [5, 5.41) is 3.75. The maximum absolute atomic E-state index is 5.62. The van der Waals surface area contributed by atoms with E-state index < -0.39 is 0 Å². The van der Waals surface area contributed by atoms with Crippen molar-refractivity contribution in [2.45, 2.75) is 0 Å². The Morgan fingerprint density at radius 2 is 1.46 bits per heavy atom. The zero-order valence-electron chi connectivity index (χ0n) is 15.1. The first kappa shape index (κ1) is 15.3. The summed E-state index contributed by atoms with van der Waals surface area (Å²) in [5.74, 6) is 1.60. The number of benzene rings is 4. The Morgan fingerprint density at radius 1 is 0.643 bits per heavy atom. The lowest BCUT2D eigenvalue weighted by atomic mass is 10.1. The van der Waals surface area contributed by atoms with E-state index in [-0.39, 0.29) is 6.79 Å². The van der Waals surface area contributed by atoms with Gasteiger partial charge in [0.25, 0.3) is 0 Å². The van der Waals surface area contributed by atoms with Crippen molar-refractivity contribution in [2.75, 3.05) is 6.79 Å². The number of rotatable bonds is 2. The molecule has 1 aromatic heterocycles. The molecule has 0 N–H and O–H groups in total. The van der Waals surface area contributed by atoms with Crippen molar-refractivity contribution in [1.82, 2.24) is 4.57 Å². The van der Waals surface area contributed by atoms with Crippen LogP contribution in [0.3, 0.4) is 0 Å². The van der Waals surface area contributed by atoms with Gasteiger partial charge in [-0.2, -0.15) is 0 Å². The molecule has 0 aliphatic carbocycles. The van der Waals surface area contributed by atoms with Gasteiger partial charge in [-0.15, -0.1) is 0 Å². The lowest BCUT2D eigenvalue weighted by Crippen LogP contribution is -1.96. The molecular formula is C25H17NO2. The second-order valence-corrected chi connectivity index (χ2v) is 6.99. The summed E-state index contributed by atoms with van der Waals surface area (Å²) in [6, 6.07) is 31.9. The average Bonchev–Trinajstić information content (AvgIpc) is 3.38. The first-order valence-electron chi connectivity index (χ1n) is 9.37. The molecule has 6 rings (SSSR count). The largest absolute Gasteiger partial charge is 0.454 e. The highest BCUT2D eigenvalue weighted by molar-refractivity contribution is 6.09. The quantitative estimate of drug-likeness (QED) is 0.374. The van der Waals surface area contributed by atoms with Gasteiger partial charge in [0.2, 0.25) is 6.79 Å². The summed E-state index contributed by atoms with van der Waals surface area (Å²) in [4.78, 5) is 0. The van der Waals surface area contributed by atoms with Crippen LogP contribution in [0.25, 0.3) is 38.6 Å². The van der Waals surface area contributed by atoms with Gasteiger partial charge in [0.1, 0.15) is 0 Å². The van der Waals surface area contributed by atoms with E-state index in [2.05, 4.69) is 83.4 Å². The van der Waals surface area contributed by atoms with Gasteiger partial charge in [-0.3, -0.25) is 0 Å². The minimum atomic E-state index is 0.283. The van der Waals surface area contributed by atoms with Crippen molar-refractivity contribution >= 4 is 21.7 Å². The predicted molar refractivity (Wildman–Crippen MR) is 112 cm³/mol. The SMILES string of the molecule is c1ccc(-n2c(-c3ccc4c(c3)OCO4)cc3c4ccccc4ccc32)cc1. The van der Waals surface area contributed by atoms with Crippen molar-refractivity contribution < 1.29 is 9.47 Å². The van der Waals surface area contributed by atoms with Crippen LogP contribution in [-0.2, 0) is 0 Å². The molecule has 0 saturated carbocycles. The van der Waals surface area contributed by atoms with E-state index in [1.54, 1.807) is 0 Å². The molecule has 0 spiro atoms. The molecule has 0 fully saturated rings. The first-order chi connectivity index (χ1) is 13.9. The van der Waals surface area contributed by atoms with Crippen LogP contribution in [0.4, 0.5) is 0 Å². The monoisotopic (exact) mass is 363 g/mol. The van der Waals surface area contributed by atoms with Gasteiger partial charge in [-0.1, -0.05) is 48.5 Å². The van der Waals surface area contributed by atoms with Crippen LogP contribution in [0.1, 0.15) is 0 Å². The standard InChI is InChI=1S/C25H17NO2/c1-2-7-19(8-3-1)26-22-12-10-17-6-4-5-9-20(17)21(22)15-23(26)18-11-13-24-25(14-18)28-16-27-24/h1-15H,16H2. The van der Waals surface area contributed by atoms with Crippen LogP contribution in [0.5, 0.6) is 11.5 Å². The number of fused-ring (bicyclic) bond motifs is 4. The molecule has 1 aliphatic heterocycles. The van der Waals surface area contributed by atoms with E-state index in [1.807, 2.05) is 12.1 Å². The molecule has 0 amide bonds. The number of ether oxygens (including phenoxy) is 2. The molecule has 3 nitrogen and oxygen atoms in total. The van der Waals surface area contributed by atoms with Crippen LogP contribution in [0, 0.1) is 0 Å². The Hall–Kier alpha value is -3.72. The van der Waals surface area contributed by atoms with Gasteiger partial charge >= 0.3 is 0 Å². The Kier molecular flexibility index (Phi) is 3.23. The van der Waals surface area contributed by atoms with Crippen LogP contribution >= 0.6 is 0 Å². The van der Waals surface area contributed by atoms with Crippen molar-refractivity contribution in [2.24, 2.45) is 0 Å². The van der Waals surface area contributed by atoms with E-state index in [0.29, 0.717) is 0 Å². The summed E-state index contributed by atoms with van der Waals surface area (Å²) >= 11 is 0. The van der Waals surface area contributed by atoms with Crippen LogP contribution in [0.2, 0.25) is 0 Å². The molecule has 0 unspecified atom stereocenters. The average molecular weight is 363 g/mol. The molecule has 3 heteroatoms. The van der Waals surface area contributed by atoms with Crippen LogP contribution < -0.4 is 9.47 Å². The Morgan fingerprint density at radius 3 is 2.39 bits per heavy atom. The van der Waals surface area contributed by atoms with Gasteiger partial charge in [-0.05, 0) is 53.2 Å². The van der Waals surface area contributed by atoms with Gasteiger partial charge in [0.15, 0.2) is 11.5 Å². The fraction of sp³-hybridized carbons (Fsp3) is 0.0400. The summed E-state index contributed by atoms with van der Waals surface area (Å²) in [5.41, 5.74) is 4.57. The number of para-hydroxylation sites is 1. The third-order valence-electron chi connectivity index (χ3n) is 5.39. The minimum Gasteiger partial charge on any atom is -0.454 e. The number of hydrogen-bond acceptors (Lipinski definition) is 2. The lowest BCUT2D eigenvalue weighted by molar-refractivity contribution is 0.174. The third kappa shape index (κ3) is 2.23. The van der Waals surface area contributed by atoms with Crippen molar-refractivity contribution in [3.63, 3.8) is 0 Å². The normalized spacial score (nSPS) is 12.7. The van der Waals surface area contributed by atoms with Gasteiger partial charge in [0, 0.05) is 16.6 Å². The minimum absolute atomic E-state index is 0.283. The molecule has 4 aromatic carbocycles. The second kappa shape index (κ2) is 5.89. The molecule has 5 aromatic rings. The zero-order chi connectivity index (χ0) is 18.5. The molecule has 0 saturated heterocycles. The molecule has 134 valence electrons. The van der Waals surface area contributed by atoms with Crippen LogP contribution in [-0.4, -0.2) is 11.4 Å². The molecular weight excluding hydrogens is 346 g/mol. The van der Waals surface area contributed by atoms with Gasteiger partial charge in [-0.25, -0.2) is 0 Å². The number of aromatic nitrogens is 1. The molecule has 0 bridgehead atoms. The fourth-order valence-electron chi connectivity index (χ4n) is 4.09. The highest BCUT2D eigenvalue weighted by Crippen LogP contribution is 2.40. The molecule has 2 heterocycles. The maximum atomic E-state index is 5.62. The van der Waals surface area contributed by atoms with E-state index in [1.165, 1.54) is 21.7 Å². The maximum Gasteiger partial charge on any atom is 0.231 e. The lowest BCUT2D eigenvalue weighted by Gasteiger charge is -2.12. The summed E-state index contributed by atoms with van der Waals surface area (Å²) in [6.45, 7) is 0.283. The van der Waals surface area contributed by atoms with E-state index >= 15 is 0 Å². The Balaban J connectivity index is 1.70. The predicted octanol–water partition coefficient (Wildman–Crippen LogP) is 6.18. The molecule has 0 atom stereocenters. The smallest absolute Gasteiger partial charge is 0.231 e. The van der Waals surface area contributed by atoms with Gasteiger partial charge < -0.3 is 14.0 Å². The molecule has 1 aliphatic rings. The van der Waals surface area contributed by atoms with E-state index in [9.17, 15) is 0 Å². The van der Waals surface area contributed by atoms with Crippen molar-refractivity contribution in [3.8, 4) is 28.4 Å². The van der Waals surface area contributed by atoms with Gasteiger partial charge in [0.05, 0.1) is 11.2 Å². The summed E-state index contributed by atoms with van der Waals surface area (Å²) in [7, 11) is 0. The number of nitrogens with zero attached hydrogens (tertiary/aromatic N) is 1. The molecule has 0 radical (unpaired) electrons. The van der Waals surface area contributed by atoms with E-state index in [4.69, 9.17) is 9.47 Å². The highest BCUT2D eigenvalue weighted by Gasteiger charge is 2.18. The molecule has 28 heavy (non-hydrogen) atoms. The first-order valence-corrected chi connectivity index (χ1v) is 9.37. The summed E-state index contributed by atoms with van der Waals surface area (Å²) < 4.78 is 13.4. The topological polar surface area (TPSA) is 23.4 Å².